The first-order valence-electron chi connectivity index (χ1n) is 7.59. The van der Waals surface area contributed by atoms with Crippen molar-refractivity contribution in [1.82, 2.24) is 9.78 Å². The van der Waals surface area contributed by atoms with Gasteiger partial charge in [-0.2, -0.15) is 5.10 Å². The number of nitrogens with zero attached hydrogens (tertiary/aromatic N) is 2. The molecule has 0 unspecified atom stereocenters. The Balaban J connectivity index is 2.22. The second kappa shape index (κ2) is 5.38. The summed E-state index contributed by atoms with van der Waals surface area (Å²) in [5, 5.41) is 9.19. The van der Waals surface area contributed by atoms with Gasteiger partial charge >= 0.3 is 0 Å². The van der Waals surface area contributed by atoms with Crippen molar-refractivity contribution in [2.24, 2.45) is 0 Å². The Hall–Kier alpha value is -1.48. The Labute approximate surface area is 131 Å². The molecule has 3 rings (SSSR count). The summed E-state index contributed by atoms with van der Waals surface area (Å²) in [6.07, 6.45) is 3.48. The third-order valence-corrected chi connectivity index (χ3v) is 4.24. The first kappa shape index (κ1) is 14.5. The number of halogens is 1. The average Bonchev–Trinajstić information content (AvgIpc) is 2.63. The van der Waals surface area contributed by atoms with Crippen LogP contribution >= 0.6 is 11.6 Å². The van der Waals surface area contributed by atoms with Crippen molar-refractivity contribution in [2.75, 3.05) is 11.9 Å². The summed E-state index contributed by atoms with van der Waals surface area (Å²) in [6, 6.07) is 7.89. The van der Waals surface area contributed by atoms with E-state index < -0.39 is 0 Å². The summed E-state index contributed by atoms with van der Waals surface area (Å²) >= 11 is 6.38. The molecule has 1 aromatic heterocycles. The Morgan fingerprint density at radius 3 is 2.67 bits per heavy atom. The fourth-order valence-electron chi connectivity index (χ4n) is 2.90. The van der Waals surface area contributed by atoms with Crippen LogP contribution in [0.25, 0.3) is 5.69 Å². The summed E-state index contributed by atoms with van der Waals surface area (Å²) in [5.74, 6) is 1.12. The minimum absolute atomic E-state index is 0.0304. The smallest absolute Gasteiger partial charge is 0.133 e. The number of nitrogens with one attached hydrogen (secondary N) is 1. The van der Waals surface area contributed by atoms with E-state index in [1.54, 1.807) is 0 Å². The molecule has 0 spiro atoms. The number of benzene rings is 1. The minimum atomic E-state index is 0.0304. The van der Waals surface area contributed by atoms with E-state index in [4.69, 9.17) is 16.7 Å². The van der Waals surface area contributed by atoms with Gasteiger partial charge < -0.3 is 5.32 Å². The van der Waals surface area contributed by atoms with Gasteiger partial charge in [-0.15, -0.1) is 0 Å². The average molecular weight is 304 g/mol. The predicted octanol–water partition coefficient (Wildman–Crippen LogP) is 4.57. The monoisotopic (exact) mass is 303 g/mol. The lowest BCUT2D eigenvalue weighted by atomic mass is 9.88. The SMILES string of the molecule is CC(C)(C)c1nn(-c2ccccc2Cl)c2c1CCCCN2. The molecule has 2 aromatic rings. The molecular weight excluding hydrogens is 282 g/mol. The third-order valence-electron chi connectivity index (χ3n) is 3.92. The molecule has 0 saturated heterocycles. The zero-order valence-electron chi connectivity index (χ0n) is 12.9. The maximum atomic E-state index is 6.38. The zero-order valence-corrected chi connectivity index (χ0v) is 13.7. The first-order valence-corrected chi connectivity index (χ1v) is 7.97. The van der Waals surface area contributed by atoms with Crippen LogP contribution in [-0.2, 0) is 11.8 Å². The summed E-state index contributed by atoms with van der Waals surface area (Å²) in [6.45, 7) is 7.65. The maximum Gasteiger partial charge on any atom is 0.133 e. The van der Waals surface area contributed by atoms with Crippen LogP contribution in [-0.4, -0.2) is 16.3 Å². The van der Waals surface area contributed by atoms with Crippen molar-refractivity contribution in [2.45, 2.75) is 45.4 Å². The van der Waals surface area contributed by atoms with Gasteiger partial charge in [-0.1, -0.05) is 44.5 Å². The lowest BCUT2D eigenvalue weighted by molar-refractivity contribution is 0.552. The largest absolute Gasteiger partial charge is 0.370 e. The minimum Gasteiger partial charge on any atom is -0.370 e. The highest BCUT2D eigenvalue weighted by Gasteiger charge is 2.28. The van der Waals surface area contributed by atoms with Gasteiger partial charge in [0.05, 0.1) is 16.4 Å². The molecule has 0 atom stereocenters. The molecule has 2 heterocycles. The predicted molar refractivity (Wildman–Crippen MR) is 88.7 cm³/mol. The molecule has 0 aliphatic carbocycles. The molecule has 4 heteroatoms. The van der Waals surface area contributed by atoms with Gasteiger partial charge in [0.2, 0.25) is 0 Å². The lowest BCUT2D eigenvalue weighted by Crippen LogP contribution is -2.15. The van der Waals surface area contributed by atoms with Crippen LogP contribution in [0.15, 0.2) is 24.3 Å². The summed E-state index contributed by atoms with van der Waals surface area (Å²) in [5.41, 5.74) is 3.50. The number of hydrogen-bond donors (Lipinski definition) is 1. The normalized spacial score (nSPS) is 15.2. The van der Waals surface area contributed by atoms with E-state index in [9.17, 15) is 0 Å². The van der Waals surface area contributed by atoms with E-state index in [1.165, 1.54) is 24.1 Å². The molecule has 21 heavy (non-hydrogen) atoms. The summed E-state index contributed by atoms with van der Waals surface area (Å²) in [7, 11) is 0. The summed E-state index contributed by atoms with van der Waals surface area (Å²) in [4.78, 5) is 0. The van der Waals surface area contributed by atoms with Gasteiger partial charge in [0, 0.05) is 17.5 Å². The fourth-order valence-corrected chi connectivity index (χ4v) is 3.12. The quantitative estimate of drug-likeness (QED) is 0.836. The maximum absolute atomic E-state index is 6.38. The van der Waals surface area contributed by atoms with Crippen molar-refractivity contribution >= 4 is 17.4 Å². The number of para-hydroxylation sites is 1. The topological polar surface area (TPSA) is 29.9 Å². The van der Waals surface area contributed by atoms with Crippen molar-refractivity contribution in [3.63, 3.8) is 0 Å². The molecule has 0 bridgehead atoms. The van der Waals surface area contributed by atoms with Crippen molar-refractivity contribution in [3.8, 4) is 5.69 Å². The Bertz CT molecular complexity index is 653. The molecule has 3 nitrogen and oxygen atoms in total. The van der Waals surface area contributed by atoms with E-state index in [0.717, 1.165) is 29.5 Å². The Morgan fingerprint density at radius 1 is 1.19 bits per heavy atom. The molecule has 1 N–H and O–H groups in total. The molecule has 0 fully saturated rings. The molecule has 1 aliphatic rings. The molecule has 0 saturated carbocycles. The highest BCUT2D eigenvalue weighted by molar-refractivity contribution is 6.32. The van der Waals surface area contributed by atoms with Crippen molar-refractivity contribution in [3.05, 3.63) is 40.5 Å². The van der Waals surface area contributed by atoms with Gasteiger partial charge in [0.15, 0.2) is 0 Å². The van der Waals surface area contributed by atoms with E-state index in [1.807, 2.05) is 28.9 Å². The fraction of sp³-hybridized carbons (Fsp3) is 0.471. The van der Waals surface area contributed by atoms with Crippen LogP contribution in [0.1, 0.15) is 44.9 Å². The van der Waals surface area contributed by atoms with Gasteiger partial charge in [0.25, 0.3) is 0 Å². The van der Waals surface area contributed by atoms with Gasteiger partial charge in [-0.05, 0) is 31.4 Å². The molecule has 0 radical (unpaired) electrons. The van der Waals surface area contributed by atoms with E-state index in [-0.39, 0.29) is 5.41 Å². The number of rotatable bonds is 1. The standard InChI is InChI=1S/C17H22ClN3/c1-17(2,3)15-12-8-6-7-11-19-16(12)21(20-15)14-10-5-4-9-13(14)18/h4-5,9-10,19H,6-8,11H2,1-3H3. The van der Waals surface area contributed by atoms with Gasteiger partial charge in [0.1, 0.15) is 5.82 Å². The van der Waals surface area contributed by atoms with E-state index >= 15 is 0 Å². The number of hydrogen-bond acceptors (Lipinski definition) is 2. The van der Waals surface area contributed by atoms with Crippen LogP contribution in [0.4, 0.5) is 5.82 Å². The van der Waals surface area contributed by atoms with Crippen LogP contribution < -0.4 is 5.32 Å². The lowest BCUT2D eigenvalue weighted by Gasteiger charge is -2.17. The van der Waals surface area contributed by atoms with E-state index in [2.05, 4.69) is 26.1 Å². The molecule has 112 valence electrons. The highest BCUT2D eigenvalue weighted by Crippen LogP contribution is 2.35. The second-order valence-corrected chi connectivity index (χ2v) is 7.08. The first-order chi connectivity index (χ1) is 9.98. The Kier molecular flexibility index (Phi) is 3.70. The van der Waals surface area contributed by atoms with Crippen LogP contribution in [0, 0.1) is 0 Å². The number of anilines is 1. The summed E-state index contributed by atoms with van der Waals surface area (Å²) < 4.78 is 1.99. The third kappa shape index (κ3) is 2.67. The molecule has 1 aliphatic heterocycles. The number of fused-ring (bicyclic) bond motifs is 1. The molecular formula is C17H22ClN3. The van der Waals surface area contributed by atoms with E-state index in [0.29, 0.717) is 0 Å². The van der Waals surface area contributed by atoms with Crippen LogP contribution in [0.2, 0.25) is 5.02 Å². The molecule has 0 amide bonds. The van der Waals surface area contributed by atoms with Crippen molar-refractivity contribution < 1.29 is 0 Å². The van der Waals surface area contributed by atoms with Gasteiger partial charge in [-0.25, -0.2) is 4.68 Å². The van der Waals surface area contributed by atoms with Crippen molar-refractivity contribution in [1.29, 1.82) is 0 Å². The second-order valence-electron chi connectivity index (χ2n) is 6.67. The van der Waals surface area contributed by atoms with Crippen LogP contribution in [0.5, 0.6) is 0 Å². The Morgan fingerprint density at radius 2 is 1.95 bits per heavy atom. The number of aromatic nitrogens is 2. The zero-order chi connectivity index (χ0) is 15.0. The highest BCUT2D eigenvalue weighted by atomic mass is 35.5. The van der Waals surface area contributed by atoms with Gasteiger partial charge in [-0.3, -0.25) is 0 Å². The van der Waals surface area contributed by atoms with Crippen LogP contribution in [0.3, 0.4) is 0 Å². The molecule has 1 aromatic carbocycles.